The van der Waals surface area contributed by atoms with Gasteiger partial charge in [-0.25, -0.2) is 4.79 Å². The highest BCUT2D eigenvalue weighted by Crippen LogP contribution is 2.45. The summed E-state index contributed by atoms with van der Waals surface area (Å²) in [4.78, 5) is 15.1. The summed E-state index contributed by atoms with van der Waals surface area (Å²) in [6.07, 6.45) is 10.5. The summed E-state index contributed by atoms with van der Waals surface area (Å²) >= 11 is 0. The quantitative estimate of drug-likeness (QED) is 0.399. The van der Waals surface area contributed by atoms with Crippen molar-refractivity contribution in [1.29, 1.82) is 0 Å². The van der Waals surface area contributed by atoms with Gasteiger partial charge < -0.3 is 4.74 Å². The van der Waals surface area contributed by atoms with Crippen molar-refractivity contribution in [2.75, 3.05) is 6.61 Å². The molecule has 2 atom stereocenters. The smallest absolute Gasteiger partial charge is 0.410 e. The Kier molecular flexibility index (Phi) is 5.37. The molecule has 0 radical (unpaired) electrons. The molecule has 0 spiro atoms. The first-order valence-corrected chi connectivity index (χ1v) is 11.6. The van der Waals surface area contributed by atoms with Gasteiger partial charge in [0.05, 0.1) is 6.04 Å². The van der Waals surface area contributed by atoms with Crippen molar-refractivity contribution in [3.8, 4) is 11.1 Å². The van der Waals surface area contributed by atoms with Crippen LogP contribution in [0.2, 0.25) is 0 Å². The van der Waals surface area contributed by atoms with Crippen molar-refractivity contribution in [2.45, 2.75) is 69.9 Å². The van der Waals surface area contributed by atoms with Crippen molar-refractivity contribution in [3.63, 3.8) is 0 Å². The van der Waals surface area contributed by atoms with E-state index in [2.05, 4.69) is 61.5 Å². The van der Waals surface area contributed by atoms with Crippen LogP contribution in [0, 0.1) is 0 Å². The zero-order chi connectivity index (χ0) is 20.5. The first-order valence-electron chi connectivity index (χ1n) is 11.6. The van der Waals surface area contributed by atoms with Gasteiger partial charge in [-0.1, -0.05) is 79.9 Å². The maximum absolute atomic E-state index is 13.1. The van der Waals surface area contributed by atoms with Crippen molar-refractivity contribution < 1.29 is 9.53 Å². The zero-order valence-corrected chi connectivity index (χ0v) is 17.8. The maximum Gasteiger partial charge on any atom is 0.410 e. The molecule has 1 fully saturated rings. The Balaban J connectivity index is 1.27. The Morgan fingerprint density at radius 3 is 2.37 bits per heavy atom. The number of benzene rings is 2. The highest BCUT2D eigenvalue weighted by Gasteiger charge is 2.40. The number of ether oxygens (including phenoxy) is 1. The molecule has 2 heterocycles. The van der Waals surface area contributed by atoms with Crippen molar-refractivity contribution in [1.82, 2.24) is 4.90 Å². The van der Waals surface area contributed by atoms with Crippen LogP contribution >= 0.6 is 0 Å². The summed E-state index contributed by atoms with van der Waals surface area (Å²) in [7, 11) is 0. The third kappa shape index (κ3) is 3.45. The van der Waals surface area contributed by atoms with Crippen LogP contribution in [0.3, 0.4) is 0 Å². The molecule has 0 N–H and O–H groups in total. The van der Waals surface area contributed by atoms with E-state index < -0.39 is 0 Å². The third-order valence-electron chi connectivity index (χ3n) is 7.12. The van der Waals surface area contributed by atoms with Crippen LogP contribution in [0.4, 0.5) is 4.79 Å². The van der Waals surface area contributed by atoms with Crippen LogP contribution in [0.25, 0.3) is 11.1 Å². The second-order valence-corrected chi connectivity index (χ2v) is 9.00. The molecule has 2 aromatic carbocycles. The van der Waals surface area contributed by atoms with Crippen molar-refractivity contribution >= 4 is 6.09 Å². The molecule has 1 amide bonds. The van der Waals surface area contributed by atoms with E-state index in [0.29, 0.717) is 12.6 Å². The molecular weight excluding hydrogens is 370 g/mol. The minimum Gasteiger partial charge on any atom is -0.448 e. The zero-order valence-electron chi connectivity index (χ0n) is 17.8. The van der Waals surface area contributed by atoms with Gasteiger partial charge in [0.15, 0.2) is 0 Å². The molecule has 2 unspecified atom stereocenters. The number of carbonyl (C=O) groups is 1. The van der Waals surface area contributed by atoms with Crippen LogP contribution in [0.1, 0.15) is 68.9 Å². The fraction of sp³-hybridized carbons (Fsp3) is 0.444. The minimum absolute atomic E-state index is 0.129. The lowest BCUT2D eigenvalue weighted by molar-refractivity contribution is 0.0848. The van der Waals surface area contributed by atoms with Crippen molar-refractivity contribution in [3.05, 3.63) is 71.3 Å². The Morgan fingerprint density at radius 2 is 1.70 bits per heavy atom. The number of carbonyl (C=O) groups excluding carboxylic acids is 1. The molecule has 0 aromatic heterocycles. The van der Waals surface area contributed by atoms with E-state index in [4.69, 9.17) is 4.74 Å². The van der Waals surface area contributed by atoms with Crippen molar-refractivity contribution in [2.24, 2.45) is 0 Å². The van der Waals surface area contributed by atoms with Gasteiger partial charge >= 0.3 is 6.09 Å². The molecule has 0 saturated carbocycles. The molecule has 3 nitrogen and oxygen atoms in total. The number of hydrogen-bond acceptors (Lipinski definition) is 2. The molecule has 2 aromatic rings. The maximum atomic E-state index is 13.1. The Hall–Kier alpha value is -2.55. The molecule has 156 valence electrons. The molecule has 2 bridgehead atoms. The lowest BCUT2D eigenvalue weighted by Crippen LogP contribution is -2.43. The first kappa shape index (κ1) is 19.4. The standard InChI is InChI=1S/C27H31NO2/c1-2-3-4-9-19-16-20-14-15-21(17-19)28(20)27(29)30-18-26-24-12-7-5-10-22(24)23-11-6-8-13-25(23)26/h5-8,10-13,16,20-21,26H,2-4,9,14-15,17-18H2,1H3. The summed E-state index contributed by atoms with van der Waals surface area (Å²) in [6, 6.07) is 17.6. The van der Waals surface area contributed by atoms with Gasteiger partial charge in [-0.2, -0.15) is 0 Å². The van der Waals surface area contributed by atoms with Crippen LogP contribution in [0.15, 0.2) is 60.2 Å². The van der Waals surface area contributed by atoms with Crippen LogP contribution in [0.5, 0.6) is 0 Å². The molecule has 3 aliphatic rings. The summed E-state index contributed by atoms with van der Waals surface area (Å²) in [5.41, 5.74) is 6.63. The average Bonchev–Trinajstić information content (AvgIpc) is 3.24. The number of unbranched alkanes of at least 4 members (excludes halogenated alkanes) is 2. The van der Waals surface area contributed by atoms with Gasteiger partial charge in [-0.05, 0) is 54.4 Å². The normalized spacial score (nSPS) is 21.9. The summed E-state index contributed by atoms with van der Waals surface area (Å²) in [5, 5.41) is 0. The number of rotatable bonds is 6. The third-order valence-corrected chi connectivity index (χ3v) is 7.12. The molecule has 3 heteroatoms. The first-order chi connectivity index (χ1) is 14.8. The topological polar surface area (TPSA) is 29.5 Å². The lowest BCUT2D eigenvalue weighted by atomic mass is 9.96. The molecule has 2 aliphatic heterocycles. The van der Waals surface area contributed by atoms with Gasteiger partial charge in [0, 0.05) is 12.0 Å². The Morgan fingerprint density at radius 1 is 1.00 bits per heavy atom. The number of nitrogens with zero attached hydrogens (tertiary/aromatic N) is 1. The van der Waals surface area contributed by atoms with E-state index in [1.165, 1.54) is 47.9 Å². The fourth-order valence-corrected chi connectivity index (χ4v) is 5.66. The Bertz CT molecular complexity index is 917. The summed E-state index contributed by atoms with van der Waals surface area (Å²) in [5.74, 6) is 0.129. The second kappa shape index (κ2) is 8.29. The van der Waals surface area contributed by atoms with Gasteiger partial charge in [0.1, 0.15) is 6.61 Å². The van der Waals surface area contributed by atoms with Gasteiger partial charge in [0.2, 0.25) is 0 Å². The highest BCUT2D eigenvalue weighted by molar-refractivity contribution is 5.79. The SMILES string of the molecule is CCCCCC1=CC2CCC(C1)N2C(=O)OCC1c2ccccc2-c2ccccc21. The summed E-state index contributed by atoms with van der Waals surface area (Å²) < 4.78 is 5.95. The van der Waals surface area contributed by atoms with Gasteiger partial charge in [-0.3, -0.25) is 4.90 Å². The Labute approximate surface area is 179 Å². The summed E-state index contributed by atoms with van der Waals surface area (Å²) in [6.45, 7) is 2.66. The van der Waals surface area contributed by atoms with E-state index in [1.807, 2.05) is 4.90 Å². The minimum atomic E-state index is -0.131. The van der Waals surface area contributed by atoms with Crippen LogP contribution in [-0.2, 0) is 4.74 Å². The molecule has 1 saturated heterocycles. The van der Waals surface area contributed by atoms with E-state index in [1.54, 1.807) is 5.57 Å². The van der Waals surface area contributed by atoms with Gasteiger partial charge in [0.25, 0.3) is 0 Å². The molecular formula is C27H31NO2. The highest BCUT2D eigenvalue weighted by atomic mass is 16.6. The lowest BCUT2D eigenvalue weighted by Gasteiger charge is -2.33. The molecule has 5 rings (SSSR count). The van der Waals surface area contributed by atoms with E-state index in [0.717, 1.165) is 19.3 Å². The predicted octanol–water partition coefficient (Wildman–Crippen LogP) is 6.68. The number of fused-ring (bicyclic) bond motifs is 5. The fourth-order valence-electron chi connectivity index (χ4n) is 5.66. The largest absolute Gasteiger partial charge is 0.448 e. The monoisotopic (exact) mass is 401 g/mol. The van der Waals surface area contributed by atoms with Crippen LogP contribution in [-0.4, -0.2) is 29.7 Å². The predicted molar refractivity (Wildman–Crippen MR) is 121 cm³/mol. The number of amides is 1. The van der Waals surface area contributed by atoms with Crippen LogP contribution < -0.4 is 0 Å². The second-order valence-electron chi connectivity index (χ2n) is 9.00. The molecule has 30 heavy (non-hydrogen) atoms. The number of hydrogen-bond donors (Lipinski definition) is 0. The van der Waals surface area contributed by atoms with E-state index in [-0.39, 0.29) is 18.1 Å². The van der Waals surface area contributed by atoms with E-state index in [9.17, 15) is 4.79 Å². The van der Waals surface area contributed by atoms with Gasteiger partial charge in [-0.15, -0.1) is 0 Å². The average molecular weight is 402 g/mol. The molecule has 1 aliphatic carbocycles. The van der Waals surface area contributed by atoms with E-state index >= 15 is 0 Å².